The number of rotatable bonds is 6. The third kappa shape index (κ3) is 4.69. The predicted molar refractivity (Wildman–Crippen MR) is 65.4 cm³/mol. The van der Waals surface area contributed by atoms with E-state index in [1.54, 1.807) is 18.2 Å². The summed E-state index contributed by atoms with van der Waals surface area (Å²) >= 11 is 0. The van der Waals surface area contributed by atoms with Gasteiger partial charge in [0.1, 0.15) is 6.10 Å². The van der Waals surface area contributed by atoms with E-state index in [-0.39, 0.29) is 12.8 Å². The molecular weight excluding hydrogens is 252 g/mol. The lowest BCUT2D eigenvalue weighted by molar-refractivity contribution is -0.144. The van der Waals surface area contributed by atoms with Crippen molar-refractivity contribution in [2.75, 3.05) is 7.11 Å². The quantitative estimate of drug-likeness (QED) is 0.640. The molecule has 6 heteroatoms. The summed E-state index contributed by atoms with van der Waals surface area (Å²) in [4.78, 5) is 21.6. The van der Waals surface area contributed by atoms with Crippen LogP contribution >= 0.6 is 0 Å². The summed E-state index contributed by atoms with van der Waals surface area (Å²) in [5.41, 5.74) is 0.865. The van der Waals surface area contributed by atoms with E-state index < -0.39 is 24.1 Å². The molecule has 0 saturated carbocycles. The Hall–Kier alpha value is -1.92. The standard InChI is InChI=1S/C13H16O6/c1-19-12(17)7-10(14)13(18)9-4-2-3-8(5-9)6-11(15)16/h2-5,10,13-14,18H,6-7H2,1H3,(H,15,16). The second-order valence-corrected chi connectivity index (χ2v) is 4.11. The molecule has 0 aromatic heterocycles. The Morgan fingerprint density at radius 1 is 1.32 bits per heavy atom. The van der Waals surface area contributed by atoms with E-state index in [1.165, 1.54) is 13.2 Å². The van der Waals surface area contributed by atoms with Crippen molar-refractivity contribution in [3.05, 3.63) is 35.4 Å². The van der Waals surface area contributed by atoms with Gasteiger partial charge in [0.2, 0.25) is 0 Å². The Kier molecular flexibility index (Phi) is 5.47. The molecule has 0 aliphatic heterocycles. The molecule has 104 valence electrons. The maximum Gasteiger partial charge on any atom is 0.308 e. The monoisotopic (exact) mass is 268 g/mol. The average Bonchev–Trinajstić information content (AvgIpc) is 2.37. The molecule has 1 aromatic rings. The van der Waals surface area contributed by atoms with E-state index in [9.17, 15) is 19.8 Å². The van der Waals surface area contributed by atoms with Crippen LogP contribution in [0.5, 0.6) is 0 Å². The average molecular weight is 268 g/mol. The van der Waals surface area contributed by atoms with Crippen molar-refractivity contribution in [2.24, 2.45) is 0 Å². The summed E-state index contributed by atoms with van der Waals surface area (Å²) in [6.45, 7) is 0. The minimum absolute atomic E-state index is 0.173. The molecule has 0 spiro atoms. The summed E-state index contributed by atoms with van der Waals surface area (Å²) in [6, 6.07) is 6.23. The Morgan fingerprint density at radius 2 is 2.00 bits per heavy atom. The summed E-state index contributed by atoms with van der Waals surface area (Å²) < 4.78 is 4.40. The molecule has 0 aliphatic rings. The number of aliphatic hydroxyl groups is 2. The number of carboxylic acid groups (broad SMARTS) is 1. The number of carboxylic acids is 1. The van der Waals surface area contributed by atoms with E-state index in [1.807, 2.05) is 0 Å². The van der Waals surface area contributed by atoms with Crippen LogP contribution in [0.4, 0.5) is 0 Å². The van der Waals surface area contributed by atoms with Gasteiger partial charge in [-0.15, -0.1) is 0 Å². The molecule has 0 fully saturated rings. The molecule has 6 nitrogen and oxygen atoms in total. The summed E-state index contributed by atoms with van der Waals surface area (Å²) in [6.07, 6.45) is -3.07. The lowest BCUT2D eigenvalue weighted by Gasteiger charge is -2.17. The van der Waals surface area contributed by atoms with Gasteiger partial charge in [0.25, 0.3) is 0 Å². The Morgan fingerprint density at radius 3 is 2.58 bits per heavy atom. The van der Waals surface area contributed by atoms with Crippen LogP contribution in [0.1, 0.15) is 23.7 Å². The van der Waals surface area contributed by atoms with E-state index in [0.717, 1.165) is 0 Å². The highest BCUT2D eigenvalue weighted by atomic mass is 16.5. The first-order valence-electron chi connectivity index (χ1n) is 5.67. The Balaban J connectivity index is 2.78. The van der Waals surface area contributed by atoms with Gasteiger partial charge in [-0.3, -0.25) is 9.59 Å². The van der Waals surface area contributed by atoms with Crippen molar-refractivity contribution >= 4 is 11.9 Å². The normalized spacial score (nSPS) is 13.6. The molecule has 19 heavy (non-hydrogen) atoms. The van der Waals surface area contributed by atoms with Gasteiger partial charge in [-0.25, -0.2) is 0 Å². The number of carbonyl (C=O) groups excluding carboxylic acids is 1. The topological polar surface area (TPSA) is 104 Å². The molecule has 0 amide bonds. The van der Waals surface area contributed by atoms with Gasteiger partial charge < -0.3 is 20.1 Å². The molecule has 0 bridgehead atoms. The molecule has 1 aromatic carbocycles. The summed E-state index contributed by atoms with van der Waals surface area (Å²) in [5, 5.41) is 28.2. The van der Waals surface area contributed by atoms with Crippen molar-refractivity contribution in [1.29, 1.82) is 0 Å². The van der Waals surface area contributed by atoms with E-state index in [4.69, 9.17) is 5.11 Å². The van der Waals surface area contributed by atoms with Crippen LogP contribution < -0.4 is 0 Å². The SMILES string of the molecule is COC(=O)CC(O)C(O)c1cccc(CC(=O)O)c1. The number of esters is 1. The number of hydrogen-bond acceptors (Lipinski definition) is 5. The van der Waals surface area contributed by atoms with E-state index in [2.05, 4.69) is 4.74 Å². The molecule has 0 radical (unpaired) electrons. The fourth-order valence-electron chi connectivity index (χ4n) is 1.65. The lowest BCUT2D eigenvalue weighted by atomic mass is 9.99. The first-order chi connectivity index (χ1) is 8.93. The van der Waals surface area contributed by atoms with Crippen molar-refractivity contribution in [1.82, 2.24) is 0 Å². The fraction of sp³-hybridized carbons (Fsp3) is 0.385. The van der Waals surface area contributed by atoms with Crippen LogP contribution in [0.2, 0.25) is 0 Å². The highest BCUT2D eigenvalue weighted by Gasteiger charge is 2.22. The van der Waals surface area contributed by atoms with Crippen molar-refractivity contribution in [2.45, 2.75) is 25.0 Å². The van der Waals surface area contributed by atoms with Crippen molar-refractivity contribution < 1.29 is 29.6 Å². The number of aliphatic carboxylic acids is 1. The number of carbonyl (C=O) groups is 2. The van der Waals surface area contributed by atoms with Gasteiger partial charge in [0, 0.05) is 0 Å². The molecule has 2 unspecified atom stereocenters. The van der Waals surface area contributed by atoms with Crippen LogP contribution in [0.15, 0.2) is 24.3 Å². The molecule has 2 atom stereocenters. The number of methoxy groups -OCH3 is 1. The van der Waals surface area contributed by atoms with Crippen LogP contribution in [-0.2, 0) is 20.7 Å². The summed E-state index contributed by atoms with van der Waals surface area (Å²) in [5.74, 6) is -1.62. The molecular formula is C13H16O6. The lowest BCUT2D eigenvalue weighted by Crippen LogP contribution is -2.22. The first kappa shape index (κ1) is 15.1. The zero-order valence-corrected chi connectivity index (χ0v) is 10.4. The minimum Gasteiger partial charge on any atom is -0.481 e. The Bertz CT molecular complexity index is 456. The first-order valence-corrected chi connectivity index (χ1v) is 5.67. The second kappa shape index (κ2) is 6.86. The van der Waals surface area contributed by atoms with Gasteiger partial charge in [0.15, 0.2) is 0 Å². The zero-order valence-electron chi connectivity index (χ0n) is 10.4. The molecule has 3 N–H and O–H groups in total. The highest BCUT2D eigenvalue weighted by molar-refractivity contribution is 5.70. The largest absolute Gasteiger partial charge is 0.481 e. The zero-order chi connectivity index (χ0) is 14.4. The Labute approximate surface area is 110 Å². The van der Waals surface area contributed by atoms with Gasteiger partial charge in [-0.1, -0.05) is 24.3 Å². The van der Waals surface area contributed by atoms with Crippen LogP contribution in [-0.4, -0.2) is 40.5 Å². The fourth-order valence-corrected chi connectivity index (χ4v) is 1.65. The maximum absolute atomic E-state index is 11.0. The van der Waals surface area contributed by atoms with Gasteiger partial charge in [-0.05, 0) is 11.1 Å². The number of ether oxygens (including phenoxy) is 1. The van der Waals surface area contributed by atoms with Gasteiger partial charge >= 0.3 is 11.9 Å². The minimum atomic E-state index is -1.30. The number of aliphatic hydroxyl groups excluding tert-OH is 2. The van der Waals surface area contributed by atoms with E-state index >= 15 is 0 Å². The second-order valence-electron chi connectivity index (χ2n) is 4.11. The van der Waals surface area contributed by atoms with E-state index in [0.29, 0.717) is 11.1 Å². The third-order valence-corrected chi connectivity index (χ3v) is 2.62. The molecule has 0 aliphatic carbocycles. The van der Waals surface area contributed by atoms with Crippen LogP contribution in [0.25, 0.3) is 0 Å². The summed E-state index contributed by atoms with van der Waals surface area (Å²) in [7, 11) is 1.19. The predicted octanol–water partition coefficient (Wildman–Crippen LogP) is 0.271. The van der Waals surface area contributed by atoms with Gasteiger partial charge in [0.05, 0.1) is 26.1 Å². The van der Waals surface area contributed by atoms with Crippen LogP contribution in [0, 0.1) is 0 Å². The maximum atomic E-state index is 11.0. The van der Waals surface area contributed by atoms with Crippen molar-refractivity contribution in [3.8, 4) is 0 Å². The molecule has 1 rings (SSSR count). The number of benzene rings is 1. The number of hydrogen-bond donors (Lipinski definition) is 3. The highest BCUT2D eigenvalue weighted by Crippen LogP contribution is 2.20. The van der Waals surface area contributed by atoms with Crippen LogP contribution in [0.3, 0.4) is 0 Å². The van der Waals surface area contributed by atoms with Gasteiger partial charge in [-0.2, -0.15) is 0 Å². The molecule has 0 heterocycles. The third-order valence-electron chi connectivity index (χ3n) is 2.62. The smallest absolute Gasteiger partial charge is 0.308 e. The molecule has 0 saturated heterocycles. The van der Waals surface area contributed by atoms with Crippen molar-refractivity contribution in [3.63, 3.8) is 0 Å².